The zero-order chi connectivity index (χ0) is 39.8. The molecule has 3 aromatic heterocycles. The first-order valence-electron chi connectivity index (χ1n) is 16.8. The summed E-state index contributed by atoms with van der Waals surface area (Å²) in [6.07, 6.45) is -2.15. The standard InChI is InChI=1S/C19H16F4N6O2.C17H14ClFN4O2/c20-14-7-12(1-2-13(14)15-9-24-5-6-31-15)27-17(30)11-8-26-29(10-11)16-3-4-25-18(28-16)19(21,22)23;18-10-5-12(8-20)22-15(6-10)17(24)23-11-1-2-13(14(19)7-11)16-9-21-3-4-25-16/h1-4,7-8,10,15,24H,5-6,9H2,(H,27,30);1-2,5-7,16,21H,3-4,9H2,(H,23,24)/t15-;16-/m11/s1. The van der Waals surface area contributed by atoms with Gasteiger partial charge in [0.05, 0.1) is 37.2 Å². The summed E-state index contributed by atoms with van der Waals surface area (Å²) in [6.45, 7) is 3.45. The Kier molecular flexibility index (Phi) is 12.6. The van der Waals surface area contributed by atoms with E-state index in [4.69, 9.17) is 26.3 Å². The van der Waals surface area contributed by atoms with Gasteiger partial charge in [-0.3, -0.25) is 9.59 Å². The van der Waals surface area contributed by atoms with E-state index in [9.17, 15) is 31.5 Å². The Labute approximate surface area is 320 Å². The van der Waals surface area contributed by atoms with Crippen molar-refractivity contribution in [3.05, 3.63) is 124 Å². The molecule has 2 fully saturated rings. The van der Waals surface area contributed by atoms with Crippen LogP contribution >= 0.6 is 11.6 Å². The van der Waals surface area contributed by atoms with Crippen molar-refractivity contribution in [2.45, 2.75) is 18.4 Å². The fraction of sp³-hybridized carbons (Fsp3) is 0.250. The minimum Gasteiger partial charge on any atom is -0.371 e. The predicted octanol–water partition coefficient (Wildman–Crippen LogP) is 5.39. The van der Waals surface area contributed by atoms with E-state index in [1.54, 1.807) is 18.2 Å². The Morgan fingerprint density at radius 2 is 1.48 bits per heavy atom. The van der Waals surface area contributed by atoms with Crippen LogP contribution in [0.2, 0.25) is 5.02 Å². The van der Waals surface area contributed by atoms with E-state index in [0.717, 1.165) is 23.6 Å². The normalized spacial score (nSPS) is 16.9. The second kappa shape index (κ2) is 17.7. The topological polar surface area (TPSA) is 181 Å². The van der Waals surface area contributed by atoms with Crippen LogP contribution in [-0.4, -0.2) is 75.9 Å². The average molecular weight is 797 g/mol. The molecule has 2 aromatic carbocycles. The molecular weight excluding hydrogens is 767 g/mol. The largest absolute Gasteiger partial charge is 0.451 e. The van der Waals surface area contributed by atoms with E-state index in [0.29, 0.717) is 44.0 Å². The molecule has 0 saturated carbocycles. The highest BCUT2D eigenvalue weighted by molar-refractivity contribution is 6.31. The van der Waals surface area contributed by atoms with Crippen LogP contribution in [0.25, 0.3) is 5.82 Å². The van der Waals surface area contributed by atoms with Gasteiger partial charge in [0.15, 0.2) is 5.82 Å². The van der Waals surface area contributed by atoms with Crippen molar-refractivity contribution < 1.29 is 41.0 Å². The number of nitriles is 1. The van der Waals surface area contributed by atoms with Crippen LogP contribution < -0.4 is 21.3 Å². The Hall–Kier alpha value is -5.91. The molecule has 2 aliphatic rings. The van der Waals surface area contributed by atoms with Crippen LogP contribution in [0, 0.1) is 23.0 Å². The number of hydrogen-bond donors (Lipinski definition) is 4. The molecule has 0 unspecified atom stereocenters. The summed E-state index contributed by atoms with van der Waals surface area (Å²) in [6, 6.07) is 14.4. The number of alkyl halides is 3. The van der Waals surface area contributed by atoms with Crippen LogP contribution in [0.4, 0.5) is 33.3 Å². The van der Waals surface area contributed by atoms with Gasteiger partial charge >= 0.3 is 6.18 Å². The summed E-state index contributed by atoms with van der Waals surface area (Å²) < 4.78 is 79.2. The number of benzene rings is 2. The summed E-state index contributed by atoms with van der Waals surface area (Å²) in [5, 5.41) is 24.3. The molecule has 0 spiro atoms. The minimum absolute atomic E-state index is 0.0200. The maximum absolute atomic E-state index is 14.5. The first-order chi connectivity index (χ1) is 26.9. The first-order valence-corrected chi connectivity index (χ1v) is 17.1. The molecular formula is C36H30ClF5N10O4. The van der Waals surface area contributed by atoms with E-state index < -0.39 is 41.6 Å². The molecule has 2 aliphatic heterocycles. The van der Waals surface area contributed by atoms with E-state index in [1.807, 2.05) is 6.07 Å². The van der Waals surface area contributed by atoms with Crippen molar-refractivity contribution in [2.24, 2.45) is 0 Å². The minimum atomic E-state index is -4.71. The van der Waals surface area contributed by atoms with Gasteiger partial charge in [-0.2, -0.15) is 23.5 Å². The Bertz CT molecular complexity index is 2260. The van der Waals surface area contributed by atoms with Gasteiger partial charge < -0.3 is 30.7 Å². The molecule has 2 amide bonds. The van der Waals surface area contributed by atoms with Crippen LogP contribution in [0.15, 0.2) is 73.2 Å². The van der Waals surface area contributed by atoms with Crippen LogP contribution in [0.3, 0.4) is 0 Å². The number of anilines is 2. The van der Waals surface area contributed by atoms with Crippen molar-refractivity contribution in [1.82, 2.24) is 35.4 Å². The Morgan fingerprint density at radius 3 is 2.02 bits per heavy atom. The molecule has 0 aliphatic carbocycles. The maximum Gasteiger partial charge on any atom is 0.451 e. The molecule has 2 saturated heterocycles. The molecule has 0 bridgehead atoms. The average Bonchev–Trinajstić information content (AvgIpc) is 3.70. The highest BCUT2D eigenvalue weighted by Crippen LogP contribution is 2.28. The lowest BCUT2D eigenvalue weighted by Crippen LogP contribution is -2.33. The molecule has 5 heterocycles. The molecule has 2 atom stereocenters. The molecule has 20 heteroatoms. The Morgan fingerprint density at radius 1 is 0.875 bits per heavy atom. The monoisotopic (exact) mass is 796 g/mol. The van der Waals surface area contributed by atoms with Gasteiger partial charge in [0.1, 0.15) is 29.1 Å². The Balaban J connectivity index is 0.000000194. The number of amides is 2. The number of nitrogens with zero attached hydrogens (tertiary/aromatic N) is 6. The highest BCUT2D eigenvalue weighted by atomic mass is 35.5. The van der Waals surface area contributed by atoms with E-state index in [2.05, 4.69) is 41.3 Å². The number of hydrogen-bond acceptors (Lipinski definition) is 11. The molecule has 290 valence electrons. The predicted molar refractivity (Wildman–Crippen MR) is 190 cm³/mol. The summed E-state index contributed by atoms with van der Waals surface area (Å²) >= 11 is 5.86. The van der Waals surface area contributed by atoms with Gasteiger partial charge in [0.2, 0.25) is 5.82 Å². The third-order valence-electron chi connectivity index (χ3n) is 8.18. The number of rotatable bonds is 7. The van der Waals surface area contributed by atoms with Crippen LogP contribution in [0.1, 0.15) is 55.7 Å². The molecule has 0 radical (unpaired) electrons. The third kappa shape index (κ3) is 10.0. The smallest absolute Gasteiger partial charge is 0.371 e. The summed E-state index contributed by atoms with van der Waals surface area (Å²) in [5.41, 5.74) is 1.35. The zero-order valence-corrected chi connectivity index (χ0v) is 29.7. The van der Waals surface area contributed by atoms with Crippen molar-refractivity contribution >= 4 is 34.8 Å². The number of halogens is 6. The summed E-state index contributed by atoms with van der Waals surface area (Å²) in [4.78, 5) is 35.1. The molecule has 56 heavy (non-hydrogen) atoms. The first kappa shape index (κ1) is 39.8. The van der Waals surface area contributed by atoms with E-state index in [-0.39, 0.29) is 45.3 Å². The van der Waals surface area contributed by atoms with Gasteiger partial charge in [-0.1, -0.05) is 23.7 Å². The number of nitrogens with one attached hydrogen (secondary N) is 4. The van der Waals surface area contributed by atoms with Gasteiger partial charge in [-0.15, -0.1) is 0 Å². The fourth-order valence-electron chi connectivity index (χ4n) is 5.51. The lowest BCUT2D eigenvalue weighted by molar-refractivity contribution is -0.145. The molecule has 14 nitrogen and oxygen atoms in total. The number of aromatic nitrogens is 5. The van der Waals surface area contributed by atoms with Crippen molar-refractivity contribution in [3.8, 4) is 11.9 Å². The van der Waals surface area contributed by atoms with Crippen molar-refractivity contribution in [3.63, 3.8) is 0 Å². The van der Waals surface area contributed by atoms with Gasteiger partial charge in [0.25, 0.3) is 11.8 Å². The van der Waals surface area contributed by atoms with Gasteiger partial charge in [0, 0.05) is 72.2 Å². The molecule has 5 aromatic rings. The molecule has 4 N–H and O–H groups in total. The number of pyridine rings is 1. The third-order valence-corrected chi connectivity index (χ3v) is 8.40. The zero-order valence-electron chi connectivity index (χ0n) is 28.9. The fourth-order valence-corrected chi connectivity index (χ4v) is 5.72. The number of ether oxygens (including phenoxy) is 2. The number of morpholine rings is 2. The summed E-state index contributed by atoms with van der Waals surface area (Å²) in [7, 11) is 0. The second-order valence-corrected chi connectivity index (χ2v) is 12.5. The highest BCUT2D eigenvalue weighted by Gasteiger charge is 2.35. The van der Waals surface area contributed by atoms with E-state index >= 15 is 0 Å². The molecule has 7 rings (SSSR count). The lowest BCUT2D eigenvalue weighted by atomic mass is 10.1. The van der Waals surface area contributed by atoms with Crippen molar-refractivity contribution in [2.75, 3.05) is 50.0 Å². The maximum atomic E-state index is 14.5. The number of carbonyl (C=O) groups is 2. The van der Waals surface area contributed by atoms with Crippen molar-refractivity contribution in [1.29, 1.82) is 5.26 Å². The lowest BCUT2D eigenvalue weighted by Gasteiger charge is -2.24. The van der Waals surface area contributed by atoms with Crippen LogP contribution in [-0.2, 0) is 15.7 Å². The van der Waals surface area contributed by atoms with Crippen LogP contribution in [0.5, 0.6) is 0 Å². The second-order valence-electron chi connectivity index (χ2n) is 12.1. The van der Waals surface area contributed by atoms with Gasteiger partial charge in [-0.25, -0.2) is 28.4 Å². The van der Waals surface area contributed by atoms with E-state index in [1.165, 1.54) is 42.6 Å². The van der Waals surface area contributed by atoms with Gasteiger partial charge in [-0.05, 0) is 36.4 Å². The quantitative estimate of drug-likeness (QED) is 0.155. The summed E-state index contributed by atoms with van der Waals surface area (Å²) in [5.74, 6) is -3.66. The SMILES string of the molecule is N#Cc1cc(Cl)cc(C(=O)Nc2ccc([C@H]3CNCCO3)c(F)c2)n1.O=C(Nc1ccc([C@H]2CNCCO2)c(F)c1)c1cnn(-c2ccnc(C(F)(F)F)n2)c1. The number of carbonyl (C=O) groups excluding carboxylic acids is 2.